The number of carboxylic acid groups (broad SMARTS) is 4. The van der Waals surface area contributed by atoms with Crippen molar-refractivity contribution < 1.29 is 39.6 Å². The summed E-state index contributed by atoms with van der Waals surface area (Å²) in [5.74, 6) is -8.48. The zero-order valence-electron chi connectivity index (χ0n) is 8.70. The second-order valence-electron chi connectivity index (χ2n) is 3.50. The summed E-state index contributed by atoms with van der Waals surface area (Å²) < 4.78 is 0. The number of carboxylic acids is 4. The molecule has 0 bridgehead atoms. The van der Waals surface area contributed by atoms with Crippen molar-refractivity contribution in [3.63, 3.8) is 0 Å². The molecule has 8 heteroatoms. The molecule has 0 fully saturated rings. The van der Waals surface area contributed by atoms with Gasteiger partial charge in [0.05, 0.1) is 24.7 Å². The average molecular weight is 248 g/mol. The van der Waals surface area contributed by atoms with Crippen molar-refractivity contribution >= 4 is 23.9 Å². The zero-order chi connectivity index (χ0) is 13.6. The lowest BCUT2D eigenvalue weighted by atomic mass is 9.90. The number of hydrogen-bond acceptors (Lipinski definition) is 4. The van der Waals surface area contributed by atoms with Crippen molar-refractivity contribution in [2.75, 3.05) is 0 Å². The molecule has 4 N–H and O–H groups in total. The van der Waals surface area contributed by atoms with Crippen molar-refractivity contribution in [2.24, 2.45) is 11.8 Å². The Morgan fingerprint density at radius 1 is 0.706 bits per heavy atom. The van der Waals surface area contributed by atoms with Crippen LogP contribution in [0.1, 0.15) is 19.3 Å². The highest BCUT2D eigenvalue weighted by Crippen LogP contribution is 2.19. The van der Waals surface area contributed by atoms with Gasteiger partial charge in [0.1, 0.15) is 0 Å². The van der Waals surface area contributed by atoms with Gasteiger partial charge in [-0.3, -0.25) is 19.2 Å². The van der Waals surface area contributed by atoms with E-state index in [1.165, 1.54) is 0 Å². The first-order valence-corrected chi connectivity index (χ1v) is 4.63. The predicted molar refractivity (Wildman–Crippen MR) is 51.4 cm³/mol. The molecule has 0 aliphatic rings. The molecule has 0 saturated carbocycles. The zero-order valence-corrected chi connectivity index (χ0v) is 8.70. The van der Waals surface area contributed by atoms with Crippen molar-refractivity contribution in [3.05, 3.63) is 0 Å². The molecule has 0 saturated heterocycles. The van der Waals surface area contributed by atoms with Gasteiger partial charge in [-0.2, -0.15) is 0 Å². The number of carbonyl (C=O) groups is 4. The van der Waals surface area contributed by atoms with Gasteiger partial charge in [-0.1, -0.05) is 0 Å². The molecule has 0 rings (SSSR count). The third kappa shape index (κ3) is 6.13. The van der Waals surface area contributed by atoms with Crippen LogP contribution in [-0.2, 0) is 19.2 Å². The fraction of sp³-hybridized carbons (Fsp3) is 0.556. The third-order valence-electron chi connectivity index (χ3n) is 2.11. The van der Waals surface area contributed by atoms with Gasteiger partial charge in [-0.05, 0) is 6.42 Å². The molecule has 2 atom stereocenters. The topological polar surface area (TPSA) is 149 Å². The predicted octanol–water partition coefficient (Wildman–Crippen LogP) is -0.272. The lowest BCUT2D eigenvalue weighted by Gasteiger charge is -2.14. The van der Waals surface area contributed by atoms with E-state index in [0.717, 1.165) is 0 Å². The van der Waals surface area contributed by atoms with E-state index in [1.807, 2.05) is 0 Å². The number of aliphatic carboxylic acids is 4. The van der Waals surface area contributed by atoms with E-state index in [0.29, 0.717) is 0 Å². The molecule has 8 nitrogen and oxygen atoms in total. The standard InChI is InChI=1S/C9H12O8/c10-6(11)2-4(8(14)15)1-5(9(16)17)3-7(12)13/h4-5H,1-3H2,(H,10,11)(H,12,13)(H,14,15)(H,16,17). The van der Waals surface area contributed by atoms with E-state index in [-0.39, 0.29) is 0 Å². The van der Waals surface area contributed by atoms with Crippen LogP contribution in [-0.4, -0.2) is 44.3 Å². The highest BCUT2D eigenvalue weighted by atomic mass is 16.4. The summed E-state index contributed by atoms with van der Waals surface area (Å²) >= 11 is 0. The molecule has 0 aliphatic heterocycles. The van der Waals surface area contributed by atoms with Crippen LogP contribution in [0.2, 0.25) is 0 Å². The Kier molecular flexibility index (Phi) is 5.65. The molecular weight excluding hydrogens is 236 g/mol. The monoisotopic (exact) mass is 248 g/mol. The lowest BCUT2D eigenvalue weighted by molar-refractivity contribution is -0.153. The van der Waals surface area contributed by atoms with E-state index >= 15 is 0 Å². The van der Waals surface area contributed by atoms with Gasteiger partial charge >= 0.3 is 23.9 Å². The first-order chi connectivity index (χ1) is 7.73. The third-order valence-corrected chi connectivity index (χ3v) is 2.11. The molecule has 0 heterocycles. The normalized spacial score (nSPS) is 13.6. The van der Waals surface area contributed by atoms with Crippen molar-refractivity contribution in [2.45, 2.75) is 19.3 Å². The molecule has 0 aromatic carbocycles. The molecule has 0 aliphatic carbocycles. The molecule has 96 valence electrons. The largest absolute Gasteiger partial charge is 0.481 e. The Morgan fingerprint density at radius 2 is 1.00 bits per heavy atom. The molecule has 0 aromatic heterocycles. The maximum atomic E-state index is 10.7. The van der Waals surface area contributed by atoms with Crippen molar-refractivity contribution in [3.8, 4) is 0 Å². The van der Waals surface area contributed by atoms with Gasteiger partial charge in [0.15, 0.2) is 0 Å². The highest BCUT2D eigenvalue weighted by Gasteiger charge is 2.30. The first kappa shape index (κ1) is 14.9. The van der Waals surface area contributed by atoms with E-state index in [4.69, 9.17) is 20.4 Å². The van der Waals surface area contributed by atoms with Crippen LogP contribution in [0.5, 0.6) is 0 Å². The minimum absolute atomic E-state index is 0.525. The van der Waals surface area contributed by atoms with Crippen LogP contribution in [0.3, 0.4) is 0 Å². The minimum Gasteiger partial charge on any atom is -0.481 e. The number of rotatable bonds is 8. The Labute approximate surface area is 95.5 Å². The molecule has 0 spiro atoms. The van der Waals surface area contributed by atoms with Crippen LogP contribution < -0.4 is 0 Å². The van der Waals surface area contributed by atoms with Gasteiger partial charge in [-0.15, -0.1) is 0 Å². The summed E-state index contributed by atoms with van der Waals surface area (Å²) in [4.78, 5) is 42.1. The second kappa shape index (κ2) is 6.46. The second-order valence-corrected chi connectivity index (χ2v) is 3.50. The number of hydrogen-bond donors (Lipinski definition) is 4. The smallest absolute Gasteiger partial charge is 0.307 e. The SMILES string of the molecule is O=C(O)CC(CC(CC(=O)O)C(=O)O)C(=O)O. The Hall–Kier alpha value is -2.12. The van der Waals surface area contributed by atoms with Crippen LogP contribution in [0.15, 0.2) is 0 Å². The fourth-order valence-electron chi connectivity index (χ4n) is 1.31. The summed E-state index contributed by atoms with van der Waals surface area (Å²) in [6.45, 7) is 0. The Balaban J connectivity index is 4.67. The summed E-state index contributed by atoms with van der Waals surface area (Å²) in [6, 6.07) is 0. The van der Waals surface area contributed by atoms with E-state index < -0.39 is 55.0 Å². The highest BCUT2D eigenvalue weighted by molar-refractivity contribution is 5.81. The minimum atomic E-state index is -1.45. The van der Waals surface area contributed by atoms with Gasteiger partial charge in [0.25, 0.3) is 0 Å². The molecular formula is C9H12O8. The molecule has 0 radical (unpaired) electrons. The molecule has 0 aromatic rings. The van der Waals surface area contributed by atoms with Crippen LogP contribution >= 0.6 is 0 Å². The van der Waals surface area contributed by atoms with E-state index in [9.17, 15) is 19.2 Å². The van der Waals surface area contributed by atoms with Gasteiger partial charge in [-0.25, -0.2) is 0 Å². The fourth-order valence-corrected chi connectivity index (χ4v) is 1.31. The first-order valence-electron chi connectivity index (χ1n) is 4.63. The maximum Gasteiger partial charge on any atom is 0.307 e. The summed E-state index contributed by atoms with van der Waals surface area (Å²) in [5.41, 5.74) is 0. The Bertz CT molecular complexity index is 302. The average Bonchev–Trinajstić information content (AvgIpc) is 2.13. The van der Waals surface area contributed by atoms with Crippen LogP contribution in [0.25, 0.3) is 0 Å². The maximum absolute atomic E-state index is 10.7. The molecule has 17 heavy (non-hydrogen) atoms. The van der Waals surface area contributed by atoms with Gasteiger partial charge in [0.2, 0.25) is 0 Å². The lowest BCUT2D eigenvalue weighted by Crippen LogP contribution is -2.26. The van der Waals surface area contributed by atoms with Gasteiger partial charge in [0, 0.05) is 0 Å². The molecule has 0 amide bonds. The van der Waals surface area contributed by atoms with Crippen LogP contribution in [0, 0.1) is 11.8 Å². The Morgan fingerprint density at radius 3 is 1.18 bits per heavy atom. The molecule has 2 unspecified atom stereocenters. The van der Waals surface area contributed by atoms with E-state index in [1.54, 1.807) is 0 Å². The quantitative estimate of drug-likeness (QED) is 0.458. The van der Waals surface area contributed by atoms with E-state index in [2.05, 4.69) is 0 Å². The summed E-state index contributed by atoms with van der Waals surface area (Å²) in [6.07, 6.45) is -2.00. The van der Waals surface area contributed by atoms with Crippen molar-refractivity contribution in [1.82, 2.24) is 0 Å². The van der Waals surface area contributed by atoms with Crippen molar-refractivity contribution in [1.29, 1.82) is 0 Å². The van der Waals surface area contributed by atoms with Gasteiger partial charge < -0.3 is 20.4 Å². The summed E-state index contributed by atoms with van der Waals surface area (Å²) in [5, 5.41) is 34.2. The summed E-state index contributed by atoms with van der Waals surface area (Å²) in [7, 11) is 0. The van der Waals surface area contributed by atoms with Crippen LogP contribution in [0.4, 0.5) is 0 Å².